The van der Waals surface area contributed by atoms with E-state index in [0.29, 0.717) is 28.8 Å². The lowest BCUT2D eigenvalue weighted by atomic mass is 10.0. The molecule has 4 aromatic rings. The van der Waals surface area contributed by atoms with Crippen LogP contribution in [-0.2, 0) is 35.5 Å². The third kappa shape index (κ3) is 6.91. The second-order valence-electron chi connectivity index (χ2n) is 8.91. The number of aromatic amines is 1. The van der Waals surface area contributed by atoms with E-state index < -0.39 is 84.1 Å². The number of nitrogens with one attached hydrogen (secondary N) is 3. The summed E-state index contributed by atoms with van der Waals surface area (Å²) in [6.45, 7) is -1.04. The van der Waals surface area contributed by atoms with E-state index in [0.717, 1.165) is 12.3 Å². The summed E-state index contributed by atoms with van der Waals surface area (Å²) >= 11 is 5.81. The van der Waals surface area contributed by atoms with E-state index in [1.807, 2.05) is 4.72 Å². The standard InChI is InChI=1S/C26H17ClF7N3O4S/c27-17-3-1-13(2-4-17)10-36-24(39)20-12-35-22-19(23(20)38)8-18(9-21(22)28)42(40,41)37-11-14-5-15(25(29,30)31)7-16(6-14)26(32,33)34/h1-9,12,37H,10-11H2,(H,35,38)(H,36,39). The number of halogens is 8. The molecule has 3 N–H and O–H groups in total. The van der Waals surface area contributed by atoms with Gasteiger partial charge in [0.1, 0.15) is 11.4 Å². The molecule has 0 bridgehead atoms. The zero-order valence-electron chi connectivity index (χ0n) is 20.8. The van der Waals surface area contributed by atoms with Crippen molar-refractivity contribution < 1.29 is 43.9 Å². The molecule has 4 rings (SSSR count). The van der Waals surface area contributed by atoms with Crippen molar-refractivity contribution >= 4 is 38.4 Å². The minimum atomic E-state index is -5.16. The molecule has 0 atom stereocenters. The van der Waals surface area contributed by atoms with Gasteiger partial charge in [0.05, 0.1) is 26.9 Å². The summed E-state index contributed by atoms with van der Waals surface area (Å²) < 4.78 is 121. The molecule has 0 aliphatic rings. The molecule has 16 heteroatoms. The van der Waals surface area contributed by atoms with Crippen LogP contribution < -0.4 is 15.5 Å². The number of H-pyrrole nitrogens is 1. The van der Waals surface area contributed by atoms with Gasteiger partial charge < -0.3 is 10.3 Å². The molecule has 0 saturated carbocycles. The lowest BCUT2D eigenvalue weighted by molar-refractivity contribution is -0.143. The molecule has 0 aliphatic carbocycles. The molecule has 0 unspecified atom stereocenters. The highest BCUT2D eigenvalue weighted by Crippen LogP contribution is 2.36. The Morgan fingerprint density at radius 3 is 2.02 bits per heavy atom. The van der Waals surface area contributed by atoms with Crippen molar-refractivity contribution in [1.82, 2.24) is 15.0 Å². The second-order valence-corrected chi connectivity index (χ2v) is 11.1. The topological polar surface area (TPSA) is 108 Å². The van der Waals surface area contributed by atoms with Crippen LogP contribution in [0, 0.1) is 5.82 Å². The normalized spacial score (nSPS) is 12.5. The van der Waals surface area contributed by atoms with E-state index in [1.54, 1.807) is 24.3 Å². The number of aromatic nitrogens is 1. The first-order chi connectivity index (χ1) is 19.5. The van der Waals surface area contributed by atoms with Gasteiger partial charge in [0, 0.05) is 24.3 Å². The van der Waals surface area contributed by atoms with Gasteiger partial charge in [-0.1, -0.05) is 23.7 Å². The van der Waals surface area contributed by atoms with Crippen molar-refractivity contribution in [2.45, 2.75) is 30.3 Å². The van der Waals surface area contributed by atoms with Crippen LogP contribution in [0.2, 0.25) is 5.02 Å². The maximum Gasteiger partial charge on any atom is 0.416 e. The number of amides is 1. The van der Waals surface area contributed by atoms with Crippen LogP contribution in [0.5, 0.6) is 0 Å². The molecular weight excluding hydrogens is 619 g/mol. The summed E-state index contributed by atoms with van der Waals surface area (Å²) in [7, 11) is -4.79. The van der Waals surface area contributed by atoms with Crippen molar-refractivity contribution in [3.05, 3.63) is 110 Å². The van der Waals surface area contributed by atoms with E-state index in [9.17, 15) is 48.7 Å². The van der Waals surface area contributed by atoms with Crippen LogP contribution >= 0.6 is 11.6 Å². The number of alkyl halides is 6. The predicted octanol–water partition coefficient (Wildman–Crippen LogP) is 5.77. The lowest BCUT2D eigenvalue weighted by Gasteiger charge is -2.15. The SMILES string of the molecule is O=C(NCc1ccc(Cl)cc1)c1c[nH]c2c(F)cc(S(=O)(=O)NCc3cc(C(F)(F)F)cc(C(F)(F)F)c3)cc2c1=O. The molecule has 0 aliphatic heterocycles. The van der Waals surface area contributed by atoms with Crippen LogP contribution in [0.1, 0.15) is 32.6 Å². The lowest BCUT2D eigenvalue weighted by Crippen LogP contribution is -2.29. The number of hydrogen-bond acceptors (Lipinski definition) is 4. The molecule has 0 fully saturated rings. The minimum Gasteiger partial charge on any atom is -0.358 e. The number of sulfonamides is 1. The van der Waals surface area contributed by atoms with Crippen molar-refractivity contribution in [3.63, 3.8) is 0 Å². The monoisotopic (exact) mass is 635 g/mol. The van der Waals surface area contributed by atoms with Crippen molar-refractivity contribution in [2.24, 2.45) is 0 Å². The highest BCUT2D eigenvalue weighted by Gasteiger charge is 2.37. The van der Waals surface area contributed by atoms with Gasteiger partial charge in [0.25, 0.3) is 5.91 Å². The fraction of sp³-hybridized carbons (Fsp3) is 0.154. The average Bonchev–Trinajstić information content (AvgIpc) is 2.91. The Kier molecular flexibility index (Phi) is 8.40. The average molecular weight is 636 g/mol. The summed E-state index contributed by atoms with van der Waals surface area (Å²) in [6, 6.07) is 8.16. The van der Waals surface area contributed by atoms with Gasteiger partial charge >= 0.3 is 12.4 Å². The molecule has 1 heterocycles. The number of rotatable bonds is 7. The van der Waals surface area contributed by atoms with Crippen molar-refractivity contribution in [2.75, 3.05) is 0 Å². The Morgan fingerprint density at radius 2 is 1.45 bits per heavy atom. The molecule has 1 amide bonds. The van der Waals surface area contributed by atoms with Crippen molar-refractivity contribution in [1.29, 1.82) is 0 Å². The zero-order chi connectivity index (χ0) is 31.0. The maximum absolute atomic E-state index is 14.8. The summed E-state index contributed by atoms with van der Waals surface area (Å²) in [6.07, 6.45) is -9.38. The zero-order valence-corrected chi connectivity index (χ0v) is 22.3. The van der Waals surface area contributed by atoms with Gasteiger partial charge in [-0.3, -0.25) is 9.59 Å². The van der Waals surface area contributed by atoms with E-state index in [2.05, 4.69) is 10.3 Å². The van der Waals surface area contributed by atoms with Gasteiger partial charge in [-0.15, -0.1) is 0 Å². The molecule has 42 heavy (non-hydrogen) atoms. The number of carbonyl (C=O) groups is 1. The Labute approximate surface area is 237 Å². The van der Waals surface area contributed by atoms with Crippen LogP contribution in [0.25, 0.3) is 10.9 Å². The fourth-order valence-corrected chi connectivity index (χ4v) is 5.03. The Bertz CT molecular complexity index is 1810. The first-order valence-electron chi connectivity index (χ1n) is 11.6. The van der Waals surface area contributed by atoms with Crippen molar-refractivity contribution in [3.8, 4) is 0 Å². The smallest absolute Gasteiger partial charge is 0.358 e. The quantitative estimate of drug-likeness (QED) is 0.224. The third-order valence-electron chi connectivity index (χ3n) is 5.95. The van der Waals surface area contributed by atoms with Crippen LogP contribution in [0.15, 0.2) is 70.5 Å². The second kappa shape index (κ2) is 11.4. The maximum atomic E-state index is 14.8. The summed E-state index contributed by atoms with van der Waals surface area (Å²) in [5.74, 6) is -2.10. The Hall–Kier alpha value is -3.95. The molecule has 0 spiro atoms. The van der Waals surface area contributed by atoms with Gasteiger partial charge in [0.15, 0.2) is 0 Å². The molecule has 3 aromatic carbocycles. The summed E-state index contributed by atoms with van der Waals surface area (Å²) in [5, 5.41) is 2.39. The molecular formula is C26H17ClF7N3O4S. The van der Waals surface area contributed by atoms with E-state index in [-0.39, 0.29) is 12.6 Å². The number of carbonyl (C=O) groups excluding carboxylic acids is 1. The number of hydrogen-bond donors (Lipinski definition) is 3. The predicted molar refractivity (Wildman–Crippen MR) is 138 cm³/mol. The largest absolute Gasteiger partial charge is 0.416 e. The summed E-state index contributed by atoms with van der Waals surface area (Å²) in [4.78, 5) is 27.2. The molecule has 222 valence electrons. The van der Waals surface area contributed by atoms with Gasteiger partial charge in [-0.25, -0.2) is 17.5 Å². The molecule has 0 radical (unpaired) electrons. The van der Waals surface area contributed by atoms with Crippen LogP contribution in [0.3, 0.4) is 0 Å². The number of fused-ring (bicyclic) bond motifs is 1. The summed E-state index contributed by atoms with van der Waals surface area (Å²) in [5.41, 5.74) is -5.32. The highest BCUT2D eigenvalue weighted by atomic mass is 35.5. The molecule has 7 nitrogen and oxygen atoms in total. The van der Waals surface area contributed by atoms with Gasteiger partial charge in [0.2, 0.25) is 15.5 Å². The third-order valence-corrected chi connectivity index (χ3v) is 7.58. The van der Waals surface area contributed by atoms with E-state index >= 15 is 0 Å². The van der Waals surface area contributed by atoms with E-state index in [4.69, 9.17) is 11.6 Å². The highest BCUT2D eigenvalue weighted by molar-refractivity contribution is 7.89. The Balaban J connectivity index is 1.62. The number of benzene rings is 3. The first-order valence-corrected chi connectivity index (χ1v) is 13.5. The minimum absolute atomic E-state index is 0.00816. The van der Waals surface area contributed by atoms with Gasteiger partial charge in [-0.05, 0) is 53.6 Å². The van der Waals surface area contributed by atoms with E-state index in [1.165, 1.54) is 0 Å². The first kappa shape index (κ1) is 31.0. The Morgan fingerprint density at radius 1 is 0.857 bits per heavy atom. The fourth-order valence-electron chi connectivity index (χ4n) is 3.85. The van der Waals surface area contributed by atoms with Crippen LogP contribution in [0.4, 0.5) is 30.7 Å². The molecule has 1 aromatic heterocycles. The number of pyridine rings is 1. The van der Waals surface area contributed by atoms with Gasteiger partial charge in [-0.2, -0.15) is 26.3 Å². The molecule has 0 saturated heterocycles. The van der Waals surface area contributed by atoms with Crippen LogP contribution in [-0.4, -0.2) is 19.3 Å².